The number of allylic oxidation sites excluding steroid dienone is 5. The minimum Gasteiger partial charge on any atom is -0.466 e. The van der Waals surface area contributed by atoms with Crippen molar-refractivity contribution in [1.29, 1.82) is 0 Å². The van der Waals surface area contributed by atoms with E-state index in [4.69, 9.17) is 4.74 Å². The number of hydrogen-bond acceptors (Lipinski definition) is 5. The largest absolute Gasteiger partial charge is 0.466 e. The molecule has 0 rings (SSSR count). The molecule has 74 heavy (non-hydrogen) atoms. The third-order valence-electron chi connectivity index (χ3n) is 15.4. The molecular weight excluding hydrogens is 911 g/mol. The average molecular weight is 1040 g/mol. The molecule has 0 heterocycles. The molecule has 0 fully saturated rings. The molecule has 2 unspecified atom stereocenters. The number of hydrogen-bond donors (Lipinski definition) is 3. The second kappa shape index (κ2) is 63.6. The van der Waals surface area contributed by atoms with Crippen molar-refractivity contribution in [1.82, 2.24) is 5.32 Å². The van der Waals surface area contributed by atoms with Crippen LogP contribution in [-0.2, 0) is 14.3 Å². The normalized spacial score (nSPS) is 12.8. The Morgan fingerprint density at radius 2 is 0.676 bits per heavy atom. The number of rotatable bonds is 62. The molecule has 436 valence electrons. The molecule has 0 aromatic rings. The lowest BCUT2D eigenvalue weighted by Gasteiger charge is -2.20. The van der Waals surface area contributed by atoms with E-state index in [-0.39, 0.29) is 18.5 Å². The van der Waals surface area contributed by atoms with Crippen molar-refractivity contribution in [3.05, 3.63) is 36.5 Å². The first kappa shape index (κ1) is 72.1. The fourth-order valence-corrected chi connectivity index (χ4v) is 10.3. The van der Waals surface area contributed by atoms with E-state index in [1.54, 1.807) is 6.08 Å². The zero-order chi connectivity index (χ0) is 53.6. The van der Waals surface area contributed by atoms with Gasteiger partial charge in [0.2, 0.25) is 5.91 Å². The number of esters is 1. The van der Waals surface area contributed by atoms with Gasteiger partial charge >= 0.3 is 5.97 Å². The van der Waals surface area contributed by atoms with Gasteiger partial charge in [0.15, 0.2) is 0 Å². The lowest BCUT2D eigenvalue weighted by atomic mass is 10.0. The molecule has 3 N–H and O–H groups in total. The zero-order valence-electron chi connectivity index (χ0n) is 49.8. The standard InChI is InChI=1S/C68H129NO5/c1-3-5-7-9-11-13-15-17-19-21-23-24-25-27-28-32-36-40-44-48-52-56-60-66(71)65(64-70)69-67(72)61-57-53-49-45-41-37-33-30-31-35-39-43-47-51-55-59-63-74-68(73)62-58-54-50-46-42-38-34-29-26-22-20-18-16-14-12-10-8-6-4-2/h12,14,18,20,56,60,65-66,70-71H,3-11,13,15-17,19,21-55,57-59,61-64H2,1-2H3,(H,69,72)/b14-12-,20-18-,60-56+. The van der Waals surface area contributed by atoms with Crippen molar-refractivity contribution in [2.45, 2.75) is 373 Å². The van der Waals surface area contributed by atoms with Crippen LogP contribution in [0.15, 0.2) is 36.5 Å². The van der Waals surface area contributed by atoms with Crippen molar-refractivity contribution in [2.24, 2.45) is 0 Å². The van der Waals surface area contributed by atoms with Crippen LogP contribution in [0.3, 0.4) is 0 Å². The Bertz CT molecular complexity index is 1200. The number of amides is 1. The molecule has 0 aromatic carbocycles. The van der Waals surface area contributed by atoms with E-state index < -0.39 is 12.1 Å². The van der Waals surface area contributed by atoms with Crippen LogP contribution >= 0.6 is 0 Å². The van der Waals surface area contributed by atoms with Crippen LogP contribution in [0.4, 0.5) is 0 Å². The van der Waals surface area contributed by atoms with Crippen LogP contribution in [-0.4, -0.2) is 47.4 Å². The van der Waals surface area contributed by atoms with Gasteiger partial charge in [-0.25, -0.2) is 0 Å². The SMILES string of the molecule is CCCCC/C=C\C/C=C\CCCCCCCCCCCC(=O)OCCCCCCCCCCCCCCCCCCC(=O)NC(CO)C(O)/C=C/CCCCCCCCCCCCCCCCCCCCCC. The molecule has 1 amide bonds. The van der Waals surface area contributed by atoms with Crippen LogP contribution < -0.4 is 5.32 Å². The van der Waals surface area contributed by atoms with Crippen LogP contribution in [0.5, 0.6) is 0 Å². The number of ether oxygens (including phenoxy) is 1. The number of nitrogens with one attached hydrogen (secondary N) is 1. The summed E-state index contributed by atoms with van der Waals surface area (Å²) in [5, 5.41) is 23.2. The van der Waals surface area contributed by atoms with E-state index in [1.165, 1.54) is 283 Å². The van der Waals surface area contributed by atoms with Crippen LogP contribution in [0, 0.1) is 0 Å². The smallest absolute Gasteiger partial charge is 0.305 e. The first-order valence-corrected chi connectivity index (χ1v) is 33.3. The van der Waals surface area contributed by atoms with Gasteiger partial charge in [-0.1, -0.05) is 320 Å². The molecule has 0 saturated heterocycles. The van der Waals surface area contributed by atoms with E-state index in [0.717, 1.165) is 51.4 Å². The maximum absolute atomic E-state index is 12.5. The lowest BCUT2D eigenvalue weighted by molar-refractivity contribution is -0.143. The van der Waals surface area contributed by atoms with E-state index in [0.29, 0.717) is 19.4 Å². The summed E-state index contributed by atoms with van der Waals surface area (Å²) in [4.78, 5) is 24.6. The Kier molecular flexibility index (Phi) is 62.0. The summed E-state index contributed by atoms with van der Waals surface area (Å²) in [5.41, 5.74) is 0. The Labute approximate surface area is 462 Å². The Morgan fingerprint density at radius 3 is 1.05 bits per heavy atom. The Balaban J connectivity index is 3.44. The summed E-state index contributed by atoms with van der Waals surface area (Å²) < 4.78 is 5.50. The van der Waals surface area contributed by atoms with Crippen molar-refractivity contribution >= 4 is 11.9 Å². The summed E-state index contributed by atoms with van der Waals surface area (Å²) in [6, 6.07) is -0.635. The highest BCUT2D eigenvalue weighted by atomic mass is 16.5. The zero-order valence-corrected chi connectivity index (χ0v) is 49.8. The molecule has 0 bridgehead atoms. The highest BCUT2D eigenvalue weighted by molar-refractivity contribution is 5.76. The predicted molar refractivity (Wildman–Crippen MR) is 324 cm³/mol. The van der Waals surface area contributed by atoms with Gasteiger partial charge in [0.05, 0.1) is 25.4 Å². The van der Waals surface area contributed by atoms with Gasteiger partial charge in [-0.2, -0.15) is 0 Å². The van der Waals surface area contributed by atoms with Gasteiger partial charge in [0, 0.05) is 12.8 Å². The maximum Gasteiger partial charge on any atom is 0.305 e. The van der Waals surface area contributed by atoms with Gasteiger partial charge in [0.1, 0.15) is 0 Å². The molecule has 0 radical (unpaired) electrons. The Hall–Kier alpha value is -1.92. The summed E-state index contributed by atoms with van der Waals surface area (Å²) in [7, 11) is 0. The van der Waals surface area contributed by atoms with E-state index in [1.807, 2.05) is 6.08 Å². The minimum absolute atomic E-state index is 0.000950. The topological polar surface area (TPSA) is 95.9 Å². The average Bonchev–Trinajstić information content (AvgIpc) is 3.40. The molecule has 6 nitrogen and oxygen atoms in total. The monoisotopic (exact) mass is 1040 g/mol. The molecule has 0 spiro atoms. The Morgan fingerprint density at radius 1 is 0.378 bits per heavy atom. The van der Waals surface area contributed by atoms with Crippen molar-refractivity contribution in [3.8, 4) is 0 Å². The molecule has 2 atom stereocenters. The molecule has 0 aliphatic carbocycles. The summed E-state index contributed by atoms with van der Waals surface area (Å²) in [6.45, 7) is 4.89. The molecular formula is C68H129NO5. The van der Waals surface area contributed by atoms with Crippen molar-refractivity contribution in [3.63, 3.8) is 0 Å². The first-order valence-electron chi connectivity index (χ1n) is 33.3. The van der Waals surface area contributed by atoms with E-state index in [9.17, 15) is 19.8 Å². The number of carbonyl (C=O) groups is 2. The highest BCUT2D eigenvalue weighted by Crippen LogP contribution is 2.18. The number of aliphatic hydroxyl groups is 2. The highest BCUT2D eigenvalue weighted by Gasteiger charge is 2.18. The predicted octanol–water partition coefficient (Wildman–Crippen LogP) is 21.1. The molecule has 0 saturated carbocycles. The molecule has 0 aliphatic heterocycles. The quantitative estimate of drug-likeness (QED) is 0.0320. The van der Waals surface area contributed by atoms with Crippen molar-refractivity contribution in [2.75, 3.05) is 13.2 Å². The lowest BCUT2D eigenvalue weighted by Crippen LogP contribution is -2.45. The molecule has 0 aliphatic rings. The second-order valence-electron chi connectivity index (χ2n) is 22.8. The third-order valence-corrected chi connectivity index (χ3v) is 15.4. The molecule has 0 aromatic heterocycles. The number of carbonyl (C=O) groups excluding carboxylic acids is 2. The fourth-order valence-electron chi connectivity index (χ4n) is 10.3. The van der Waals surface area contributed by atoms with Crippen LogP contribution in [0.2, 0.25) is 0 Å². The summed E-state index contributed by atoms with van der Waals surface area (Å²) in [5.74, 6) is -0.0726. The van der Waals surface area contributed by atoms with E-state index >= 15 is 0 Å². The molecule has 6 heteroatoms. The van der Waals surface area contributed by atoms with Gasteiger partial charge in [-0.05, 0) is 64.2 Å². The van der Waals surface area contributed by atoms with Gasteiger partial charge < -0.3 is 20.3 Å². The van der Waals surface area contributed by atoms with Gasteiger partial charge in [-0.15, -0.1) is 0 Å². The second-order valence-corrected chi connectivity index (χ2v) is 22.8. The summed E-state index contributed by atoms with van der Waals surface area (Å²) in [6.07, 6.45) is 80.5. The van der Waals surface area contributed by atoms with Crippen molar-refractivity contribution < 1.29 is 24.5 Å². The third kappa shape index (κ3) is 59.3. The maximum atomic E-state index is 12.5. The van der Waals surface area contributed by atoms with E-state index in [2.05, 4.69) is 43.5 Å². The van der Waals surface area contributed by atoms with Crippen LogP contribution in [0.1, 0.15) is 361 Å². The minimum atomic E-state index is -0.851. The number of unbranched alkanes of at least 4 members (excludes halogenated alkanes) is 47. The fraction of sp³-hybridized carbons (Fsp3) is 0.882. The van der Waals surface area contributed by atoms with Crippen LogP contribution in [0.25, 0.3) is 0 Å². The van der Waals surface area contributed by atoms with Gasteiger partial charge in [-0.3, -0.25) is 9.59 Å². The first-order chi connectivity index (χ1) is 36.5. The summed E-state index contributed by atoms with van der Waals surface area (Å²) >= 11 is 0. The van der Waals surface area contributed by atoms with Gasteiger partial charge in [0.25, 0.3) is 0 Å². The number of aliphatic hydroxyl groups excluding tert-OH is 2.